The molecule has 1 heterocycles. The Labute approximate surface area is 121 Å². The molecule has 0 bridgehead atoms. The van der Waals surface area contributed by atoms with Crippen molar-refractivity contribution in [2.75, 3.05) is 6.61 Å². The number of carbonyl (C=O) groups excluding carboxylic acids is 1. The molecule has 2 nitrogen and oxygen atoms in total. The number of thiophene rings is 1. The van der Waals surface area contributed by atoms with Crippen molar-refractivity contribution in [2.24, 2.45) is 0 Å². The highest BCUT2D eigenvalue weighted by atomic mass is 32.1. The zero-order chi connectivity index (χ0) is 13.9. The summed E-state index contributed by atoms with van der Waals surface area (Å²) in [6.07, 6.45) is 8.05. The van der Waals surface area contributed by atoms with Gasteiger partial charge in [-0.15, -0.1) is 11.3 Å². The Hall–Kier alpha value is -0.670. The molecule has 1 aromatic rings. The summed E-state index contributed by atoms with van der Waals surface area (Å²) in [6, 6.07) is 3.82. The average molecular weight is 282 g/mol. The third-order valence-electron chi connectivity index (χ3n) is 3.21. The second-order valence-corrected chi connectivity index (χ2v) is 5.98. The quantitative estimate of drug-likeness (QED) is 0.417. The van der Waals surface area contributed by atoms with Crippen LogP contribution in [0.5, 0.6) is 0 Å². The van der Waals surface area contributed by atoms with E-state index >= 15 is 0 Å². The summed E-state index contributed by atoms with van der Waals surface area (Å²) in [6.45, 7) is 5.06. The number of ether oxygens (including phenoxy) is 1. The standard InChI is InChI=1S/C16H26O2S/c1-3-4-5-6-9-14(2)18-12-7-10-15(17)16-11-8-13-19-16/h8,11,13-14H,3-7,9-10,12H2,1-2H3. The average Bonchev–Trinajstić information content (AvgIpc) is 2.93. The third-order valence-corrected chi connectivity index (χ3v) is 4.12. The zero-order valence-electron chi connectivity index (χ0n) is 12.2. The van der Waals surface area contributed by atoms with Gasteiger partial charge in [0.2, 0.25) is 0 Å². The molecule has 0 radical (unpaired) electrons. The molecule has 1 aromatic heterocycles. The fourth-order valence-electron chi connectivity index (χ4n) is 2.02. The summed E-state index contributed by atoms with van der Waals surface area (Å²) in [7, 11) is 0. The van der Waals surface area contributed by atoms with Crippen molar-refractivity contribution in [1.82, 2.24) is 0 Å². The van der Waals surface area contributed by atoms with E-state index < -0.39 is 0 Å². The number of carbonyl (C=O) groups is 1. The predicted octanol–water partition coefficient (Wildman–Crippen LogP) is 5.09. The van der Waals surface area contributed by atoms with Gasteiger partial charge >= 0.3 is 0 Å². The van der Waals surface area contributed by atoms with Crippen molar-refractivity contribution in [1.29, 1.82) is 0 Å². The van der Waals surface area contributed by atoms with E-state index in [1.165, 1.54) is 37.0 Å². The molecule has 0 spiro atoms. The smallest absolute Gasteiger partial charge is 0.172 e. The molecule has 3 heteroatoms. The lowest BCUT2D eigenvalue weighted by Crippen LogP contribution is -2.10. The van der Waals surface area contributed by atoms with Crippen LogP contribution in [-0.4, -0.2) is 18.5 Å². The van der Waals surface area contributed by atoms with Gasteiger partial charge in [0.25, 0.3) is 0 Å². The molecule has 0 aliphatic rings. The molecule has 1 unspecified atom stereocenters. The second kappa shape index (κ2) is 10.2. The molecule has 0 N–H and O–H groups in total. The Morgan fingerprint density at radius 1 is 1.32 bits per heavy atom. The Morgan fingerprint density at radius 2 is 2.16 bits per heavy atom. The number of hydrogen-bond donors (Lipinski definition) is 0. The van der Waals surface area contributed by atoms with Crippen LogP contribution in [0.2, 0.25) is 0 Å². The number of hydrogen-bond acceptors (Lipinski definition) is 3. The minimum atomic E-state index is 0.245. The molecular formula is C16H26O2S. The van der Waals surface area contributed by atoms with E-state index in [1.807, 2.05) is 17.5 Å². The van der Waals surface area contributed by atoms with Gasteiger partial charge in [0.05, 0.1) is 11.0 Å². The van der Waals surface area contributed by atoms with Gasteiger partial charge in [-0.25, -0.2) is 0 Å². The van der Waals surface area contributed by atoms with Crippen LogP contribution < -0.4 is 0 Å². The lowest BCUT2D eigenvalue weighted by atomic mass is 10.1. The first-order chi connectivity index (χ1) is 9.24. The van der Waals surface area contributed by atoms with Crippen LogP contribution in [0.15, 0.2) is 17.5 Å². The van der Waals surface area contributed by atoms with Crippen molar-refractivity contribution < 1.29 is 9.53 Å². The number of rotatable bonds is 11. The Kier molecular flexibility index (Phi) is 8.76. The van der Waals surface area contributed by atoms with Gasteiger partial charge in [0.1, 0.15) is 0 Å². The Balaban J connectivity index is 1.99. The van der Waals surface area contributed by atoms with Crippen molar-refractivity contribution in [3.8, 4) is 0 Å². The van der Waals surface area contributed by atoms with Gasteiger partial charge in [0, 0.05) is 13.0 Å². The Morgan fingerprint density at radius 3 is 2.84 bits per heavy atom. The zero-order valence-corrected chi connectivity index (χ0v) is 13.0. The molecule has 108 valence electrons. The molecule has 0 saturated heterocycles. The fourth-order valence-corrected chi connectivity index (χ4v) is 2.71. The normalized spacial score (nSPS) is 12.5. The van der Waals surface area contributed by atoms with E-state index in [0.717, 1.165) is 17.7 Å². The summed E-state index contributed by atoms with van der Waals surface area (Å²) in [5.74, 6) is 0.245. The van der Waals surface area contributed by atoms with Crippen LogP contribution in [0.3, 0.4) is 0 Å². The van der Waals surface area contributed by atoms with E-state index in [-0.39, 0.29) is 5.78 Å². The SMILES string of the molecule is CCCCCCC(C)OCCCC(=O)c1cccs1. The number of ketones is 1. The maximum Gasteiger partial charge on any atom is 0.172 e. The molecule has 0 fully saturated rings. The van der Waals surface area contributed by atoms with Gasteiger partial charge in [0.15, 0.2) is 5.78 Å². The first-order valence-corrected chi connectivity index (χ1v) is 8.30. The largest absolute Gasteiger partial charge is 0.378 e. The van der Waals surface area contributed by atoms with E-state index in [9.17, 15) is 4.79 Å². The fraction of sp³-hybridized carbons (Fsp3) is 0.688. The van der Waals surface area contributed by atoms with Crippen LogP contribution in [0.25, 0.3) is 0 Å². The summed E-state index contributed by atoms with van der Waals surface area (Å²) < 4.78 is 5.74. The third kappa shape index (κ3) is 7.48. The van der Waals surface area contributed by atoms with Crippen molar-refractivity contribution >= 4 is 17.1 Å². The lowest BCUT2D eigenvalue weighted by Gasteiger charge is -2.12. The molecule has 1 atom stereocenters. The summed E-state index contributed by atoms with van der Waals surface area (Å²) in [4.78, 5) is 12.6. The summed E-state index contributed by atoms with van der Waals surface area (Å²) in [5, 5.41) is 1.95. The predicted molar refractivity (Wildman–Crippen MR) is 82.1 cm³/mol. The maximum atomic E-state index is 11.7. The highest BCUT2D eigenvalue weighted by Gasteiger charge is 2.07. The van der Waals surface area contributed by atoms with Gasteiger partial charge in [-0.2, -0.15) is 0 Å². The molecular weight excluding hydrogens is 256 g/mol. The molecule has 1 rings (SSSR count). The lowest BCUT2D eigenvalue weighted by molar-refractivity contribution is 0.0547. The second-order valence-electron chi connectivity index (χ2n) is 5.03. The van der Waals surface area contributed by atoms with Gasteiger partial charge < -0.3 is 4.74 Å². The highest BCUT2D eigenvalue weighted by Crippen LogP contribution is 2.13. The highest BCUT2D eigenvalue weighted by molar-refractivity contribution is 7.12. The van der Waals surface area contributed by atoms with Crippen LogP contribution in [0, 0.1) is 0 Å². The molecule has 0 aliphatic heterocycles. The van der Waals surface area contributed by atoms with E-state index in [1.54, 1.807) is 0 Å². The van der Waals surface area contributed by atoms with E-state index in [2.05, 4.69) is 13.8 Å². The number of Topliss-reactive ketones (excluding diaryl/α,β-unsaturated/α-hetero) is 1. The molecule has 0 amide bonds. The van der Waals surface area contributed by atoms with Gasteiger partial charge in [-0.1, -0.05) is 38.7 Å². The van der Waals surface area contributed by atoms with Crippen LogP contribution in [-0.2, 0) is 4.74 Å². The summed E-state index contributed by atoms with van der Waals surface area (Å²) in [5.41, 5.74) is 0. The van der Waals surface area contributed by atoms with Gasteiger partial charge in [-0.05, 0) is 31.2 Å². The minimum Gasteiger partial charge on any atom is -0.378 e. The molecule has 0 aromatic carbocycles. The molecule has 19 heavy (non-hydrogen) atoms. The van der Waals surface area contributed by atoms with Crippen LogP contribution in [0.4, 0.5) is 0 Å². The summed E-state index contributed by atoms with van der Waals surface area (Å²) >= 11 is 1.52. The Bertz CT molecular complexity index is 333. The molecule has 0 aliphatic carbocycles. The van der Waals surface area contributed by atoms with Crippen LogP contribution in [0.1, 0.15) is 68.5 Å². The van der Waals surface area contributed by atoms with Gasteiger partial charge in [-0.3, -0.25) is 4.79 Å². The minimum absolute atomic E-state index is 0.245. The van der Waals surface area contributed by atoms with Crippen molar-refractivity contribution in [3.63, 3.8) is 0 Å². The molecule has 0 saturated carbocycles. The maximum absolute atomic E-state index is 11.7. The van der Waals surface area contributed by atoms with Crippen molar-refractivity contribution in [3.05, 3.63) is 22.4 Å². The van der Waals surface area contributed by atoms with E-state index in [4.69, 9.17) is 4.74 Å². The topological polar surface area (TPSA) is 26.3 Å². The number of unbranched alkanes of at least 4 members (excludes halogenated alkanes) is 3. The first kappa shape index (κ1) is 16.4. The van der Waals surface area contributed by atoms with E-state index in [0.29, 0.717) is 19.1 Å². The first-order valence-electron chi connectivity index (χ1n) is 7.42. The van der Waals surface area contributed by atoms with Crippen LogP contribution >= 0.6 is 11.3 Å². The monoisotopic (exact) mass is 282 g/mol. The van der Waals surface area contributed by atoms with Crippen molar-refractivity contribution in [2.45, 2.75) is 64.9 Å².